The summed E-state index contributed by atoms with van der Waals surface area (Å²) in [6.07, 6.45) is 13.6. The Kier molecular flexibility index (Phi) is 7.02. The summed E-state index contributed by atoms with van der Waals surface area (Å²) in [5, 5.41) is 0. The molecule has 1 spiro atoms. The Balaban J connectivity index is 1.26. The summed E-state index contributed by atoms with van der Waals surface area (Å²) in [4.78, 5) is 2.79. The molecule has 3 saturated carbocycles. The third kappa shape index (κ3) is 4.79. The normalized spacial score (nSPS) is 48.9. The lowest BCUT2D eigenvalue weighted by atomic mass is 9.52. The quantitative estimate of drug-likeness (QED) is 0.390. The van der Waals surface area contributed by atoms with Gasteiger partial charge in [-0.3, -0.25) is 4.90 Å². The van der Waals surface area contributed by atoms with Gasteiger partial charge in [-0.1, -0.05) is 31.9 Å². The van der Waals surface area contributed by atoms with Crippen LogP contribution in [0.15, 0.2) is 11.1 Å². The van der Waals surface area contributed by atoms with Gasteiger partial charge in [-0.25, -0.2) is 13.1 Å². The van der Waals surface area contributed by atoms with Crippen molar-refractivity contribution in [3.8, 4) is 0 Å². The largest absolute Gasteiger partial charge is 0.369 e. The molecule has 5 nitrogen and oxygen atoms in total. The lowest BCUT2D eigenvalue weighted by Gasteiger charge is -2.54. The molecule has 2 saturated heterocycles. The van der Waals surface area contributed by atoms with E-state index in [2.05, 4.69) is 58.1 Å². The molecule has 0 bridgehead atoms. The SMILES string of the molecule is CC1=C2C[C@H]3[C@@H](CC[C@@H]4CC[C@H](NS(C)(=O)=O)C[C@@]43C)[C@@H]2CC[C@@]2(C1)O[C@@H]1C[C@H](C)CN(C(C)(C)C)[C@H]1[C@H]2C. The van der Waals surface area contributed by atoms with Crippen LogP contribution in [-0.4, -0.2) is 55.4 Å². The molecule has 39 heavy (non-hydrogen) atoms. The van der Waals surface area contributed by atoms with E-state index in [9.17, 15) is 8.42 Å². The van der Waals surface area contributed by atoms with Gasteiger partial charge in [0.2, 0.25) is 10.0 Å². The van der Waals surface area contributed by atoms with Gasteiger partial charge in [0, 0.05) is 30.1 Å². The fraction of sp³-hybridized carbons (Fsp3) is 0.939. The number of allylic oxidation sites excluding steroid dienone is 1. The topological polar surface area (TPSA) is 58.6 Å². The lowest BCUT2D eigenvalue weighted by molar-refractivity contribution is -0.0878. The van der Waals surface area contributed by atoms with E-state index in [1.807, 2.05) is 0 Å². The first-order valence-corrected chi connectivity index (χ1v) is 18.1. The van der Waals surface area contributed by atoms with Crippen LogP contribution in [-0.2, 0) is 14.8 Å². The number of likely N-dealkylation sites (tertiary alicyclic amines) is 1. The Morgan fingerprint density at radius 1 is 1.08 bits per heavy atom. The number of piperidine rings is 1. The van der Waals surface area contributed by atoms with Crippen molar-refractivity contribution in [2.45, 2.75) is 142 Å². The first-order chi connectivity index (χ1) is 18.1. The van der Waals surface area contributed by atoms with Crippen LogP contribution in [0, 0.1) is 40.9 Å². The first-order valence-electron chi connectivity index (χ1n) is 16.2. The fourth-order valence-corrected chi connectivity index (χ4v) is 12.1. The van der Waals surface area contributed by atoms with Crippen LogP contribution in [0.2, 0.25) is 0 Å². The molecule has 5 fully saturated rings. The number of fused-ring (bicyclic) bond motifs is 6. The number of hydrogen-bond donors (Lipinski definition) is 1. The van der Waals surface area contributed by atoms with Crippen LogP contribution in [0.1, 0.15) is 113 Å². The van der Waals surface area contributed by atoms with E-state index in [0.717, 1.165) is 31.1 Å². The maximum atomic E-state index is 12.1. The van der Waals surface area contributed by atoms with Crippen molar-refractivity contribution in [2.24, 2.45) is 40.9 Å². The summed E-state index contributed by atoms with van der Waals surface area (Å²) in [5.74, 6) is 4.14. The van der Waals surface area contributed by atoms with Gasteiger partial charge in [-0.05, 0) is 127 Å². The van der Waals surface area contributed by atoms with Crippen LogP contribution in [0.4, 0.5) is 0 Å². The zero-order valence-electron chi connectivity index (χ0n) is 26.1. The average Bonchev–Trinajstić information content (AvgIpc) is 3.26. The van der Waals surface area contributed by atoms with Crippen molar-refractivity contribution in [3.63, 3.8) is 0 Å². The van der Waals surface area contributed by atoms with E-state index in [1.54, 1.807) is 11.1 Å². The predicted octanol–water partition coefficient (Wildman–Crippen LogP) is 6.54. The van der Waals surface area contributed by atoms with Crippen LogP contribution >= 0.6 is 0 Å². The predicted molar refractivity (Wildman–Crippen MR) is 159 cm³/mol. The van der Waals surface area contributed by atoms with Crippen molar-refractivity contribution in [1.82, 2.24) is 9.62 Å². The van der Waals surface area contributed by atoms with Gasteiger partial charge < -0.3 is 4.74 Å². The monoisotopic (exact) mass is 560 g/mol. The molecule has 1 N–H and O–H groups in total. The summed E-state index contributed by atoms with van der Waals surface area (Å²) in [5.41, 5.74) is 3.80. The van der Waals surface area contributed by atoms with E-state index < -0.39 is 10.0 Å². The highest BCUT2D eigenvalue weighted by molar-refractivity contribution is 7.88. The number of nitrogens with zero attached hydrogens (tertiary/aromatic N) is 1. The first kappa shape index (κ1) is 28.7. The van der Waals surface area contributed by atoms with Crippen LogP contribution < -0.4 is 4.72 Å². The van der Waals surface area contributed by atoms with Crippen molar-refractivity contribution in [2.75, 3.05) is 12.8 Å². The summed E-state index contributed by atoms with van der Waals surface area (Å²) in [6.45, 7) is 18.3. The van der Waals surface area contributed by atoms with E-state index in [1.165, 1.54) is 57.7 Å². The summed E-state index contributed by atoms with van der Waals surface area (Å²) in [7, 11) is -3.17. The van der Waals surface area contributed by atoms with Gasteiger partial charge in [-0.15, -0.1) is 0 Å². The Morgan fingerprint density at radius 3 is 2.49 bits per heavy atom. The van der Waals surface area contributed by atoms with Crippen molar-refractivity contribution in [1.29, 1.82) is 0 Å². The minimum atomic E-state index is -3.17. The molecular formula is C33H56N2O3S. The molecule has 2 heterocycles. The zero-order chi connectivity index (χ0) is 28.1. The lowest BCUT2D eigenvalue weighted by Crippen LogP contribution is -2.58. The Labute approximate surface area is 239 Å². The van der Waals surface area contributed by atoms with Gasteiger partial charge in [0.1, 0.15) is 0 Å². The van der Waals surface area contributed by atoms with Gasteiger partial charge in [-0.2, -0.15) is 0 Å². The minimum Gasteiger partial charge on any atom is -0.369 e. The number of ether oxygens (including phenoxy) is 1. The van der Waals surface area contributed by atoms with Crippen molar-refractivity contribution in [3.05, 3.63) is 11.1 Å². The second-order valence-corrected chi connectivity index (χ2v) is 18.2. The average molecular weight is 561 g/mol. The summed E-state index contributed by atoms with van der Waals surface area (Å²) >= 11 is 0. The molecule has 0 aromatic carbocycles. The van der Waals surface area contributed by atoms with Gasteiger partial charge in [0.05, 0.1) is 18.0 Å². The van der Waals surface area contributed by atoms with Gasteiger partial charge in [0.15, 0.2) is 0 Å². The molecule has 4 aliphatic carbocycles. The smallest absolute Gasteiger partial charge is 0.208 e. The highest BCUT2D eigenvalue weighted by Crippen LogP contribution is 2.65. The second kappa shape index (κ2) is 9.54. The molecular weight excluding hydrogens is 504 g/mol. The molecule has 11 atom stereocenters. The molecule has 6 aliphatic rings. The number of sulfonamides is 1. The van der Waals surface area contributed by atoms with E-state index in [-0.39, 0.29) is 22.6 Å². The van der Waals surface area contributed by atoms with E-state index >= 15 is 0 Å². The molecule has 0 aromatic heterocycles. The van der Waals surface area contributed by atoms with E-state index in [4.69, 9.17) is 4.74 Å². The fourth-order valence-electron chi connectivity index (χ4n) is 11.3. The molecule has 0 amide bonds. The third-order valence-electron chi connectivity index (χ3n) is 12.9. The second-order valence-electron chi connectivity index (χ2n) is 16.4. The third-order valence-corrected chi connectivity index (χ3v) is 13.7. The Bertz CT molecular complexity index is 1110. The summed E-state index contributed by atoms with van der Waals surface area (Å²) < 4.78 is 34.4. The highest BCUT2D eigenvalue weighted by Gasteiger charge is 2.61. The maximum Gasteiger partial charge on any atom is 0.208 e. The van der Waals surface area contributed by atoms with Gasteiger partial charge >= 0.3 is 0 Å². The number of nitrogens with one attached hydrogen (secondary N) is 1. The molecule has 222 valence electrons. The zero-order valence-corrected chi connectivity index (χ0v) is 26.9. The molecule has 0 unspecified atom stereocenters. The molecule has 6 rings (SSSR count). The van der Waals surface area contributed by atoms with Crippen LogP contribution in [0.5, 0.6) is 0 Å². The van der Waals surface area contributed by atoms with Crippen LogP contribution in [0.25, 0.3) is 0 Å². The van der Waals surface area contributed by atoms with E-state index in [0.29, 0.717) is 35.8 Å². The highest BCUT2D eigenvalue weighted by atomic mass is 32.2. The molecule has 2 aliphatic heterocycles. The molecule has 0 aromatic rings. The van der Waals surface area contributed by atoms with Crippen molar-refractivity contribution >= 4 is 10.0 Å². The molecule has 0 radical (unpaired) electrons. The Morgan fingerprint density at radius 2 is 1.79 bits per heavy atom. The Hall–Kier alpha value is -0.430. The summed E-state index contributed by atoms with van der Waals surface area (Å²) in [6, 6.07) is 0.633. The van der Waals surface area contributed by atoms with Gasteiger partial charge in [0.25, 0.3) is 0 Å². The number of rotatable bonds is 2. The van der Waals surface area contributed by atoms with Crippen molar-refractivity contribution < 1.29 is 13.2 Å². The maximum absolute atomic E-state index is 12.1. The van der Waals surface area contributed by atoms with Crippen LogP contribution in [0.3, 0.4) is 0 Å². The standard InChI is InChI=1S/C33H56N2O3S/c1-20-15-29-30(35(19-20)31(4,5)6)22(3)33(38-29)14-13-25-26-12-10-23-9-11-24(34-39(8,36)37)18-32(23,7)28(26)16-27(25)21(2)17-33/h20,22-26,28-30,34H,9-19H2,1-8H3/t20-,22+,23-,24-,25-,26-,28-,29+,30-,32-,33-/m0/s1. The molecule has 6 heteroatoms. The minimum absolute atomic E-state index is 0.0176. The number of hydrogen-bond acceptors (Lipinski definition) is 4.